The highest BCUT2D eigenvalue weighted by Gasteiger charge is 2.34. The standard InChI is InChI=1S/C13H19N3O.2ClH/c1-10-6-11(8-15-7-10)16-12(17)13(2)4-3-5-14-9-13;;/h6-8,14H,3-5,9H2,1-2H3,(H,16,17);2*1H. The highest BCUT2D eigenvalue weighted by molar-refractivity contribution is 5.95. The molecular formula is C13H21Cl2N3O. The summed E-state index contributed by atoms with van der Waals surface area (Å²) in [6.45, 7) is 5.73. The molecule has 2 heterocycles. The number of hydrogen-bond donors (Lipinski definition) is 2. The van der Waals surface area contributed by atoms with E-state index in [0.29, 0.717) is 0 Å². The molecule has 19 heavy (non-hydrogen) atoms. The van der Waals surface area contributed by atoms with Crippen LogP contribution in [0.1, 0.15) is 25.3 Å². The van der Waals surface area contributed by atoms with Crippen LogP contribution in [0.25, 0.3) is 0 Å². The molecule has 0 aliphatic carbocycles. The Morgan fingerprint density at radius 2 is 2.16 bits per heavy atom. The van der Waals surface area contributed by atoms with E-state index < -0.39 is 0 Å². The summed E-state index contributed by atoms with van der Waals surface area (Å²) < 4.78 is 0. The molecule has 1 aromatic rings. The second-order valence-electron chi connectivity index (χ2n) is 5.05. The number of carbonyl (C=O) groups excluding carboxylic acids is 1. The van der Waals surface area contributed by atoms with Crippen LogP contribution in [0.2, 0.25) is 0 Å². The first kappa shape index (κ1) is 18.2. The van der Waals surface area contributed by atoms with Crippen molar-refractivity contribution < 1.29 is 4.79 Å². The van der Waals surface area contributed by atoms with Crippen molar-refractivity contribution >= 4 is 36.4 Å². The predicted molar refractivity (Wildman–Crippen MR) is 82.3 cm³/mol. The quantitative estimate of drug-likeness (QED) is 0.883. The fourth-order valence-corrected chi connectivity index (χ4v) is 2.16. The Morgan fingerprint density at radius 3 is 2.74 bits per heavy atom. The summed E-state index contributed by atoms with van der Waals surface area (Å²) in [5.74, 6) is 0.0806. The molecule has 2 N–H and O–H groups in total. The number of rotatable bonds is 2. The van der Waals surface area contributed by atoms with Gasteiger partial charge in [-0.1, -0.05) is 0 Å². The number of anilines is 1. The van der Waals surface area contributed by atoms with Gasteiger partial charge < -0.3 is 10.6 Å². The van der Waals surface area contributed by atoms with Crippen molar-refractivity contribution in [1.82, 2.24) is 10.3 Å². The number of pyridine rings is 1. The zero-order chi connectivity index (χ0) is 12.3. The average Bonchev–Trinajstić information content (AvgIpc) is 2.30. The maximum Gasteiger partial charge on any atom is 0.231 e. The summed E-state index contributed by atoms with van der Waals surface area (Å²) in [6, 6.07) is 1.94. The molecule has 0 spiro atoms. The molecular weight excluding hydrogens is 285 g/mol. The van der Waals surface area contributed by atoms with Crippen LogP contribution in [0.15, 0.2) is 18.5 Å². The first-order valence-electron chi connectivity index (χ1n) is 6.04. The maximum atomic E-state index is 12.2. The Bertz CT molecular complexity index is 420. The molecule has 1 amide bonds. The van der Waals surface area contributed by atoms with Gasteiger partial charge >= 0.3 is 0 Å². The lowest BCUT2D eigenvalue weighted by molar-refractivity contribution is -0.125. The van der Waals surface area contributed by atoms with Crippen molar-refractivity contribution in [2.45, 2.75) is 26.7 Å². The Kier molecular flexibility index (Phi) is 7.34. The van der Waals surface area contributed by atoms with E-state index in [2.05, 4.69) is 15.6 Å². The van der Waals surface area contributed by atoms with Gasteiger partial charge in [-0.05, 0) is 44.9 Å². The third-order valence-corrected chi connectivity index (χ3v) is 3.28. The third-order valence-electron chi connectivity index (χ3n) is 3.28. The normalized spacial score (nSPS) is 21.8. The fourth-order valence-electron chi connectivity index (χ4n) is 2.16. The summed E-state index contributed by atoms with van der Waals surface area (Å²) in [6.07, 6.45) is 5.45. The number of aromatic nitrogens is 1. The van der Waals surface area contributed by atoms with Gasteiger partial charge in [0.15, 0.2) is 0 Å². The minimum absolute atomic E-state index is 0. The fraction of sp³-hybridized carbons (Fsp3) is 0.538. The van der Waals surface area contributed by atoms with Gasteiger partial charge in [-0.3, -0.25) is 9.78 Å². The molecule has 108 valence electrons. The third kappa shape index (κ3) is 4.64. The minimum atomic E-state index is -0.304. The Labute approximate surface area is 126 Å². The second-order valence-corrected chi connectivity index (χ2v) is 5.05. The van der Waals surface area contributed by atoms with Gasteiger partial charge in [0.05, 0.1) is 17.3 Å². The van der Waals surface area contributed by atoms with Gasteiger partial charge in [0, 0.05) is 12.7 Å². The number of nitrogens with one attached hydrogen (secondary N) is 2. The highest BCUT2D eigenvalue weighted by Crippen LogP contribution is 2.27. The molecule has 1 fully saturated rings. The number of halogens is 2. The van der Waals surface area contributed by atoms with E-state index >= 15 is 0 Å². The highest BCUT2D eigenvalue weighted by atomic mass is 35.5. The number of nitrogens with zero attached hydrogens (tertiary/aromatic N) is 1. The van der Waals surface area contributed by atoms with Gasteiger partial charge in [-0.2, -0.15) is 0 Å². The lowest BCUT2D eigenvalue weighted by Crippen LogP contribution is -2.46. The van der Waals surface area contributed by atoms with Crippen molar-refractivity contribution in [3.8, 4) is 0 Å². The SMILES string of the molecule is Cc1cncc(NC(=O)C2(C)CCCNC2)c1.Cl.Cl. The summed E-state index contributed by atoms with van der Waals surface area (Å²) in [5.41, 5.74) is 1.53. The largest absolute Gasteiger partial charge is 0.324 e. The molecule has 0 radical (unpaired) electrons. The van der Waals surface area contributed by atoms with Crippen LogP contribution < -0.4 is 10.6 Å². The van der Waals surface area contributed by atoms with Crippen molar-refractivity contribution in [2.24, 2.45) is 5.41 Å². The number of amides is 1. The Morgan fingerprint density at radius 1 is 1.42 bits per heavy atom. The molecule has 1 saturated heterocycles. The van der Waals surface area contributed by atoms with Gasteiger partial charge in [0.2, 0.25) is 5.91 Å². The van der Waals surface area contributed by atoms with E-state index in [1.54, 1.807) is 12.4 Å². The first-order valence-corrected chi connectivity index (χ1v) is 6.04. The number of carbonyl (C=O) groups is 1. The molecule has 1 aliphatic heterocycles. The lowest BCUT2D eigenvalue weighted by Gasteiger charge is -2.32. The van der Waals surface area contributed by atoms with Crippen LogP contribution in [0.3, 0.4) is 0 Å². The molecule has 1 unspecified atom stereocenters. The zero-order valence-corrected chi connectivity index (χ0v) is 12.9. The van der Waals surface area contributed by atoms with Gasteiger partial charge in [-0.25, -0.2) is 0 Å². The van der Waals surface area contributed by atoms with E-state index in [1.165, 1.54) is 0 Å². The smallest absolute Gasteiger partial charge is 0.231 e. The topological polar surface area (TPSA) is 54.0 Å². The average molecular weight is 306 g/mol. The van der Waals surface area contributed by atoms with Gasteiger partial charge in [0.25, 0.3) is 0 Å². The molecule has 2 rings (SSSR count). The molecule has 4 nitrogen and oxygen atoms in total. The van der Waals surface area contributed by atoms with Gasteiger partial charge in [0.1, 0.15) is 0 Å². The van der Waals surface area contributed by atoms with Crippen molar-refractivity contribution in [1.29, 1.82) is 0 Å². The molecule has 6 heteroatoms. The molecule has 1 aromatic heterocycles. The van der Waals surface area contributed by atoms with E-state index in [4.69, 9.17) is 0 Å². The van der Waals surface area contributed by atoms with E-state index in [-0.39, 0.29) is 36.1 Å². The summed E-state index contributed by atoms with van der Waals surface area (Å²) in [4.78, 5) is 16.3. The zero-order valence-electron chi connectivity index (χ0n) is 11.2. The predicted octanol–water partition coefficient (Wildman–Crippen LogP) is 2.56. The van der Waals surface area contributed by atoms with Crippen molar-refractivity contribution in [3.05, 3.63) is 24.0 Å². The number of piperidine rings is 1. The van der Waals surface area contributed by atoms with E-state index in [1.807, 2.05) is 19.9 Å². The summed E-state index contributed by atoms with van der Waals surface area (Å²) in [7, 11) is 0. The molecule has 0 saturated carbocycles. The summed E-state index contributed by atoms with van der Waals surface area (Å²) in [5, 5.41) is 6.23. The molecule has 1 atom stereocenters. The maximum absolute atomic E-state index is 12.2. The lowest BCUT2D eigenvalue weighted by atomic mass is 9.82. The van der Waals surface area contributed by atoms with Crippen LogP contribution in [-0.2, 0) is 4.79 Å². The van der Waals surface area contributed by atoms with E-state index in [9.17, 15) is 4.79 Å². The summed E-state index contributed by atoms with van der Waals surface area (Å²) >= 11 is 0. The Hall–Kier alpha value is -0.840. The Balaban J connectivity index is 0.00000162. The molecule has 0 bridgehead atoms. The molecule has 0 aromatic carbocycles. The minimum Gasteiger partial charge on any atom is -0.324 e. The van der Waals surface area contributed by atoms with Crippen LogP contribution >= 0.6 is 24.8 Å². The molecule has 1 aliphatic rings. The van der Waals surface area contributed by atoms with Crippen LogP contribution in [0.5, 0.6) is 0 Å². The monoisotopic (exact) mass is 305 g/mol. The number of hydrogen-bond acceptors (Lipinski definition) is 3. The number of aryl methyl sites for hydroxylation is 1. The second kappa shape index (κ2) is 7.68. The first-order chi connectivity index (χ1) is 8.10. The van der Waals surface area contributed by atoms with Crippen molar-refractivity contribution in [3.63, 3.8) is 0 Å². The van der Waals surface area contributed by atoms with Crippen LogP contribution in [0.4, 0.5) is 5.69 Å². The van der Waals surface area contributed by atoms with Crippen LogP contribution in [0, 0.1) is 12.3 Å². The van der Waals surface area contributed by atoms with Gasteiger partial charge in [-0.15, -0.1) is 24.8 Å². The van der Waals surface area contributed by atoms with Crippen LogP contribution in [-0.4, -0.2) is 24.0 Å². The van der Waals surface area contributed by atoms with E-state index in [0.717, 1.165) is 37.2 Å². The van der Waals surface area contributed by atoms with Crippen molar-refractivity contribution in [2.75, 3.05) is 18.4 Å².